The molecule has 1 aliphatic heterocycles. The van der Waals surface area contributed by atoms with E-state index in [0.717, 1.165) is 5.56 Å². The third kappa shape index (κ3) is 4.40. The van der Waals surface area contributed by atoms with Gasteiger partial charge < -0.3 is 20.4 Å². The molecule has 2 amide bonds. The number of piperidine rings is 1. The molecule has 1 aromatic heterocycles. The number of aromatic nitrogens is 2. The zero-order valence-corrected chi connectivity index (χ0v) is 13.3. The van der Waals surface area contributed by atoms with E-state index in [2.05, 4.69) is 10.4 Å². The number of likely N-dealkylation sites (tertiary alicyclic amines) is 1. The van der Waals surface area contributed by atoms with Crippen molar-refractivity contribution in [1.29, 1.82) is 0 Å². The van der Waals surface area contributed by atoms with E-state index in [9.17, 15) is 19.8 Å². The highest BCUT2D eigenvalue weighted by Crippen LogP contribution is 2.22. The standard InChI is InChI=1S/C15H22N4O4/c1-11(20)16-10-15(23)5-6-19(9-13(15)21)14(22)4-3-12-7-17-18(2)8-12/h3-4,7-8,13,21,23H,5-6,9-10H2,1-2H3,(H,16,20)/b4-3+/t13-,15-/m1/s1. The summed E-state index contributed by atoms with van der Waals surface area (Å²) in [7, 11) is 1.79. The third-order valence-corrected chi connectivity index (χ3v) is 3.93. The van der Waals surface area contributed by atoms with Gasteiger partial charge in [0.25, 0.3) is 0 Å². The minimum Gasteiger partial charge on any atom is -0.388 e. The van der Waals surface area contributed by atoms with Gasteiger partial charge in [-0.05, 0) is 12.5 Å². The number of hydrogen-bond acceptors (Lipinski definition) is 5. The van der Waals surface area contributed by atoms with E-state index in [1.165, 1.54) is 17.9 Å². The molecule has 2 heterocycles. The first-order valence-electron chi connectivity index (χ1n) is 7.41. The molecule has 126 valence electrons. The molecular weight excluding hydrogens is 300 g/mol. The topological polar surface area (TPSA) is 108 Å². The van der Waals surface area contributed by atoms with Crippen LogP contribution in [0.25, 0.3) is 6.08 Å². The summed E-state index contributed by atoms with van der Waals surface area (Å²) in [4.78, 5) is 24.6. The van der Waals surface area contributed by atoms with Crippen LogP contribution in [0.2, 0.25) is 0 Å². The second kappa shape index (κ2) is 6.93. The van der Waals surface area contributed by atoms with Gasteiger partial charge in [0, 0.05) is 51.4 Å². The molecule has 0 radical (unpaired) electrons. The first-order chi connectivity index (χ1) is 10.8. The van der Waals surface area contributed by atoms with Gasteiger partial charge in [0.1, 0.15) is 11.7 Å². The van der Waals surface area contributed by atoms with Gasteiger partial charge >= 0.3 is 0 Å². The molecule has 3 N–H and O–H groups in total. The van der Waals surface area contributed by atoms with E-state index in [1.807, 2.05) is 0 Å². The number of nitrogens with zero attached hydrogens (tertiary/aromatic N) is 3. The Balaban J connectivity index is 1.92. The summed E-state index contributed by atoms with van der Waals surface area (Å²) in [6.07, 6.45) is 5.57. The van der Waals surface area contributed by atoms with Crippen LogP contribution in [0.3, 0.4) is 0 Å². The SMILES string of the molecule is CC(=O)NC[C@]1(O)CCN(C(=O)/C=C/c2cnn(C)c2)C[C@H]1O. The Morgan fingerprint density at radius 1 is 1.57 bits per heavy atom. The van der Waals surface area contributed by atoms with Crippen molar-refractivity contribution in [1.82, 2.24) is 20.0 Å². The van der Waals surface area contributed by atoms with Gasteiger partial charge in [-0.2, -0.15) is 5.10 Å². The molecular formula is C15H22N4O4. The van der Waals surface area contributed by atoms with Crippen LogP contribution >= 0.6 is 0 Å². The number of aliphatic hydroxyl groups is 2. The van der Waals surface area contributed by atoms with Gasteiger partial charge in [-0.3, -0.25) is 14.3 Å². The number of carbonyl (C=O) groups is 2. The first kappa shape index (κ1) is 17.2. The number of amides is 2. The lowest BCUT2D eigenvalue weighted by Crippen LogP contribution is -2.60. The van der Waals surface area contributed by atoms with Crippen LogP contribution in [0.15, 0.2) is 18.5 Å². The fraction of sp³-hybridized carbons (Fsp3) is 0.533. The molecule has 8 nitrogen and oxygen atoms in total. The second-order valence-corrected chi connectivity index (χ2v) is 5.84. The molecule has 23 heavy (non-hydrogen) atoms. The average molecular weight is 322 g/mol. The highest BCUT2D eigenvalue weighted by Gasteiger charge is 2.41. The van der Waals surface area contributed by atoms with E-state index in [-0.39, 0.29) is 31.3 Å². The molecule has 2 atom stereocenters. The van der Waals surface area contributed by atoms with Gasteiger partial charge in [-0.15, -0.1) is 0 Å². The van der Waals surface area contributed by atoms with Gasteiger partial charge in [0.15, 0.2) is 0 Å². The number of nitrogens with one attached hydrogen (secondary N) is 1. The van der Waals surface area contributed by atoms with E-state index < -0.39 is 11.7 Å². The van der Waals surface area contributed by atoms with E-state index in [4.69, 9.17) is 0 Å². The smallest absolute Gasteiger partial charge is 0.246 e. The minimum atomic E-state index is -1.41. The molecule has 2 rings (SSSR count). The maximum atomic E-state index is 12.2. The Kier molecular flexibility index (Phi) is 5.17. The molecule has 8 heteroatoms. The van der Waals surface area contributed by atoms with E-state index in [0.29, 0.717) is 6.54 Å². The maximum absolute atomic E-state index is 12.2. The Labute approximate surface area is 134 Å². The lowest BCUT2D eigenvalue weighted by Gasteiger charge is -2.41. The zero-order chi connectivity index (χ0) is 17.0. The summed E-state index contributed by atoms with van der Waals surface area (Å²) in [6, 6.07) is 0. The van der Waals surface area contributed by atoms with Gasteiger partial charge in [-0.1, -0.05) is 0 Å². The molecule has 0 unspecified atom stereocenters. The van der Waals surface area contributed by atoms with Crippen molar-refractivity contribution in [3.63, 3.8) is 0 Å². The van der Waals surface area contributed by atoms with Gasteiger partial charge in [0.2, 0.25) is 11.8 Å². The first-order valence-corrected chi connectivity index (χ1v) is 7.41. The van der Waals surface area contributed by atoms with Gasteiger partial charge in [-0.25, -0.2) is 0 Å². The van der Waals surface area contributed by atoms with Crippen molar-refractivity contribution in [2.45, 2.75) is 25.0 Å². The van der Waals surface area contributed by atoms with Crippen LogP contribution in [0.4, 0.5) is 0 Å². The molecule has 0 bridgehead atoms. The Morgan fingerprint density at radius 3 is 2.87 bits per heavy atom. The number of rotatable bonds is 4. The number of carbonyl (C=O) groups excluding carboxylic acids is 2. The van der Waals surface area contributed by atoms with Crippen LogP contribution in [0.5, 0.6) is 0 Å². The normalized spacial score (nSPS) is 24.9. The summed E-state index contributed by atoms with van der Waals surface area (Å²) in [6.45, 7) is 1.64. The molecule has 1 fully saturated rings. The number of hydrogen-bond donors (Lipinski definition) is 3. The molecule has 0 spiro atoms. The Hall–Kier alpha value is -2.19. The molecule has 1 aromatic rings. The Morgan fingerprint density at radius 2 is 2.30 bits per heavy atom. The summed E-state index contributed by atoms with van der Waals surface area (Å²) in [5.41, 5.74) is -0.601. The monoisotopic (exact) mass is 322 g/mol. The highest BCUT2D eigenvalue weighted by molar-refractivity contribution is 5.91. The molecule has 0 aromatic carbocycles. The van der Waals surface area contributed by atoms with Crippen LogP contribution in [0, 0.1) is 0 Å². The fourth-order valence-electron chi connectivity index (χ4n) is 2.45. The lowest BCUT2D eigenvalue weighted by molar-refractivity contribution is -0.146. The maximum Gasteiger partial charge on any atom is 0.246 e. The fourth-order valence-corrected chi connectivity index (χ4v) is 2.45. The number of aliphatic hydroxyl groups excluding tert-OH is 1. The highest BCUT2D eigenvalue weighted by atomic mass is 16.3. The summed E-state index contributed by atoms with van der Waals surface area (Å²) < 4.78 is 1.64. The second-order valence-electron chi connectivity index (χ2n) is 5.84. The lowest BCUT2D eigenvalue weighted by atomic mass is 9.88. The van der Waals surface area contributed by atoms with Crippen molar-refractivity contribution in [2.24, 2.45) is 7.05 Å². The van der Waals surface area contributed by atoms with Crippen molar-refractivity contribution in [2.75, 3.05) is 19.6 Å². The molecule has 0 aliphatic carbocycles. The number of β-amino-alcohol motifs (C(OH)–C–C–N with tert-alkyl or cyclic N) is 1. The largest absolute Gasteiger partial charge is 0.388 e. The molecule has 1 aliphatic rings. The van der Waals surface area contributed by atoms with Crippen LogP contribution in [-0.4, -0.2) is 68.0 Å². The van der Waals surface area contributed by atoms with E-state index in [1.54, 1.807) is 30.2 Å². The van der Waals surface area contributed by atoms with Crippen molar-refractivity contribution in [3.05, 3.63) is 24.0 Å². The summed E-state index contributed by atoms with van der Waals surface area (Å²) >= 11 is 0. The summed E-state index contributed by atoms with van der Waals surface area (Å²) in [5, 5.41) is 27.0. The average Bonchev–Trinajstić information content (AvgIpc) is 2.91. The summed E-state index contributed by atoms with van der Waals surface area (Å²) in [5.74, 6) is -0.516. The molecule has 0 saturated carbocycles. The van der Waals surface area contributed by atoms with Crippen molar-refractivity contribution >= 4 is 17.9 Å². The number of aryl methyl sites for hydroxylation is 1. The predicted molar refractivity (Wildman–Crippen MR) is 83.1 cm³/mol. The van der Waals surface area contributed by atoms with E-state index >= 15 is 0 Å². The van der Waals surface area contributed by atoms with Gasteiger partial charge in [0.05, 0.1) is 6.20 Å². The van der Waals surface area contributed by atoms with Crippen LogP contribution < -0.4 is 5.32 Å². The zero-order valence-electron chi connectivity index (χ0n) is 13.3. The van der Waals surface area contributed by atoms with Crippen LogP contribution in [0.1, 0.15) is 18.9 Å². The van der Waals surface area contributed by atoms with Crippen molar-refractivity contribution < 1.29 is 19.8 Å². The van der Waals surface area contributed by atoms with Crippen molar-refractivity contribution in [3.8, 4) is 0 Å². The van der Waals surface area contributed by atoms with Crippen LogP contribution in [-0.2, 0) is 16.6 Å². The third-order valence-electron chi connectivity index (χ3n) is 3.93. The minimum absolute atomic E-state index is 0.0201. The predicted octanol–water partition coefficient (Wildman–Crippen LogP) is -1.11. The quantitative estimate of drug-likeness (QED) is 0.610. The molecule has 1 saturated heterocycles. The Bertz CT molecular complexity index is 612.